The number of carbonyl (C=O) groups is 3. The number of para-hydroxylation sites is 3. The Bertz CT molecular complexity index is 1450. The molecule has 0 spiro atoms. The van der Waals surface area contributed by atoms with Crippen LogP contribution in [0.3, 0.4) is 0 Å². The van der Waals surface area contributed by atoms with Crippen LogP contribution in [-0.4, -0.2) is 35.5 Å². The molecule has 1 heterocycles. The summed E-state index contributed by atoms with van der Waals surface area (Å²) in [4.78, 5) is 50.6. The topological polar surface area (TPSA) is 106 Å². The van der Waals surface area contributed by atoms with Crippen LogP contribution >= 0.6 is 0 Å². The van der Waals surface area contributed by atoms with Crippen LogP contribution in [0.4, 0.5) is 5.69 Å². The molecule has 0 aliphatic carbocycles. The maximum atomic E-state index is 12.9. The average Bonchev–Trinajstić information content (AvgIpc) is 2.89. The summed E-state index contributed by atoms with van der Waals surface area (Å²) >= 11 is 0. The number of carbonyl (C=O) groups excluding carboxylic acids is 3. The summed E-state index contributed by atoms with van der Waals surface area (Å²) in [6.07, 6.45) is 0. The van der Waals surface area contributed by atoms with E-state index in [2.05, 4.69) is 10.6 Å². The number of aromatic nitrogens is 1. The van der Waals surface area contributed by atoms with Gasteiger partial charge in [0.15, 0.2) is 12.0 Å². The summed E-state index contributed by atoms with van der Waals surface area (Å²) < 4.78 is 6.95. The lowest BCUT2D eigenvalue weighted by molar-refractivity contribution is -0.147. The molecule has 0 saturated carbocycles. The minimum absolute atomic E-state index is 0.110. The number of fused-ring (bicyclic) bond motifs is 2. The van der Waals surface area contributed by atoms with E-state index in [0.717, 1.165) is 0 Å². The number of benzene rings is 3. The second-order valence-electron chi connectivity index (χ2n) is 8.81. The number of pyridine rings is 1. The number of amides is 2. The molecule has 0 radical (unpaired) electrons. The number of ether oxygens (including phenoxy) is 1. The third-order valence-corrected chi connectivity index (χ3v) is 5.65. The van der Waals surface area contributed by atoms with Crippen LogP contribution in [0, 0.1) is 5.92 Å². The fraction of sp³-hybridized carbons (Fsp3) is 0.214. The first-order chi connectivity index (χ1) is 17.3. The molecule has 4 aromatic rings. The zero-order chi connectivity index (χ0) is 25.7. The summed E-state index contributed by atoms with van der Waals surface area (Å²) in [5, 5.41) is 6.45. The van der Waals surface area contributed by atoms with Gasteiger partial charge in [-0.2, -0.15) is 0 Å². The van der Waals surface area contributed by atoms with Gasteiger partial charge in [0, 0.05) is 17.3 Å². The highest BCUT2D eigenvalue weighted by Gasteiger charge is 2.16. The van der Waals surface area contributed by atoms with Crippen LogP contribution in [0.2, 0.25) is 0 Å². The van der Waals surface area contributed by atoms with Gasteiger partial charge in [0.2, 0.25) is 0 Å². The van der Waals surface area contributed by atoms with E-state index in [1.807, 2.05) is 13.8 Å². The first kappa shape index (κ1) is 24.7. The predicted octanol–water partition coefficient (Wildman–Crippen LogP) is 3.72. The lowest BCUT2D eigenvalue weighted by atomic mass is 10.1. The maximum absolute atomic E-state index is 12.9. The normalized spacial score (nSPS) is 11.0. The van der Waals surface area contributed by atoms with Crippen molar-refractivity contribution in [2.24, 2.45) is 5.92 Å². The van der Waals surface area contributed by atoms with E-state index in [-0.39, 0.29) is 23.8 Å². The number of nitrogens with one attached hydrogen (secondary N) is 2. The van der Waals surface area contributed by atoms with Crippen LogP contribution in [0.1, 0.15) is 24.2 Å². The summed E-state index contributed by atoms with van der Waals surface area (Å²) in [5.74, 6) is -1.21. The van der Waals surface area contributed by atoms with Crippen molar-refractivity contribution in [3.63, 3.8) is 0 Å². The van der Waals surface area contributed by atoms with Crippen molar-refractivity contribution in [2.75, 3.05) is 18.5 Å². The van der Waals surface area contributed by atoms with Crippen molar-refractivity contribution in [2.45, 2.75) is 20.4 Å². The molecule has 3 aromatic carbocycles. The zero-order valence-electron chi connectivity index (χ0n) is 20.1. The van der Waals surface area contributed by atoms with Crippen LogP contribution in [-0.2, 0) is 20.9 Å². The summed E-state index contributed by atoms with van der Waals surface area (Å²) in [6, 6.07) is 20.7. The maximum Gasteiger partial charge on any atom is 0.326 e. The number of hydrogen-bond donors (Lipinski definition) is 2. The van der Waals surface area contributed by atoms with E-state index in [1.54, 1.807) is 77.4 Å². The predicted molar refractivity (Wildman–Crippen MR) is 139 cm³/mol. The third-order valence-electron chi connectivity index (χ3n) is 5.65. The Hall–Kier alpha value is -4.46. The van der Waals surface area contributed by atoms with E-state index >= 15 is 0 Å². The molecule has 1 aromatic heterocycles. The number of esters is 1. The molecule has 0 aliphatic rings. The zero-order valence-corrected chi connectivity index (χ0v) is 20.1. The summed E-state index contributed by atoms with van der Waals surface area (Å²) in [5.41, 5.74) is 1.75. The molecule has 8 nitrogen and oxygen atoms in total. The lowest BCUT2D eigenvalue weighted by Crippen LogP contribution is -2.29. The quantitative estimate of drug-likeness (QED) is 0.292. The van der Waals surface area contributed by atoms with E-state index in [1.165, 1.54) is 0 Å². The molecule has 184 valence electrons. The van der Waals surface area contributed by atoms with Crippen LogP contribution in [0.5, 0.6) is 0 Å². The van der Waals surface area contributed by atoms with Crippen molar-refractivity contribution in [1.82, 2.24) is 9.88 Å². The number of rotatable bonds is 8. The molecule has 0 atom stereocenters. The van der Waals surface area contributed by atoms with E-state index in [0.29, 0.717) is 39.6 Å². The molecule has 0 unspecified atom stereocenters. The van der Waals surface area contributed by atoms with Crippen LogP contribution < -0.4 is 16.1 Å². The first-order valence-corrected chi connectivity index (χ1v) is 11.7. The second kappa shape index (κ2) is 10.9. The largest absolute Gasteiger partial charge is 0.454 e. The first-order valence-electron chi connectivity index (χ1n) is 11.7. The number of hydrogen-bond acceptors (Lipinski definition) is 5. The molecule has 4 rings (SSSR count). The molecule has 8 heteroatoms. The minimum Gasteiger partial charge on any atom is -0.454 e. The highest BCUT2D eigenvalue weighted by molar-refractivity contribution is 6.04. The van der Waals surface area contributed by atoms with Gasteiger partial charge in [-0.25, -0.2) is 0 Å². The molecular formula is C28H27N3O5. The van der Waals surface area contributed by atoms with Crippen molar-refractivity contribution in [3.05, 3.63) is 88.6 Å². The molecule has 36 heavy (non-hydrogen) atoms. The standard InChI is InChI=1S/C28H27N3O5/c1-18(2)15-29-28(35)19-9-3-6-12-22(19)30-25(32)17-36-26(33)16-31-23-13-7-4-10-20(23)27(34)21-11-5-8-14-24(21)31/h3-14,18H,15-17H2,1-2H3,(H,29,35)(H,30,32). The third kappa shape index (κ3) is 5.43. The van der Waals surface area contributed by atoms with Gasteiger partial charge >= 0.3 is 5.97 Å². The van der Waals surface area contributed by atoms with Gasteiger partial charge < -0.3 is 19.9 Å². The van der Waals surface area contributed by atoms with Crippen LogP contribution in [0.15, 0.2) is 77.6 Å². The van der Waals surface area contributed by atoms with Gasteiger partial charge in [0.25, 0.3) is 11.8 Å². The SMILES string of the molecule is CC(C)CNC(=O)c1ccccc1NC(=O)COC(=O)Cn1c2ccccc2c(=O)c2ccccc21. The Morgan fingerprint density at radius 1 is 0.861 bits per heavy atom. The molecule has 0 saturated heterocycles. The van der Waals surface area contributed by atoms with Crippen molar-refractivity contribution in [1.29, 1.82) is 0 Å². The van der Waals surface area contributed by atoms with E-state index in [4.69, 9.17) is 4.74 Å². The Morgan fingerprint density at radius 2 is 1.44 bits per heavy atom. The van der Waals surface area contributed by atoms with Crippen molar-refractivity contribution >= 4 is 45.3 Å². The van der Waals surface area contributed by atoms with Crippen LogP contribution in [0.25, 0.3) is 21.8 Å². The molecule has 0 aliphatic heterocycles. The molecule has 2 N–H and O–H groups in total. The monoisotopic (exact) mass is 485 g/mol. The van der Waals surface area contributed by atoms with Crippen molar-refractivity contribution < 1.29 is 19.1 Å². The van der Waals surface area contributed by atoms with Gasteiger partial charge in [-0.15, -0.1) is 0 Å². The Morgan fingerprint density at radius 3 is 2.08 bits per heavy atom. The average molecular weight is 486 g/mol. The molecule has 2 amide bonds. The Balaban J connectivity index is 1.46. The summed E-state index contributed by atoms with van der Waals surface area (Å²) in [7, 11) is 0. The minimum atomic E-state index is -0.632. The molecular weight excluding hydrogens is 458 g/mol. The highest BCUT2D eigenvalue weighted by Crippen LogP contribution is 2.19. The summed E-state index contributed by atoms with van der Waals surface area (Å²) in [6.45, 7) is 3.79. The number of anilines is 1. The molecule has 0 fully saturated rings. The Labute approximate surface area is 207 Å². The van der Waals surface area contributed by atoms with Gasteiger partial charge in [-0.3, -0.25) is 19.2 Å². The van der Waals surface area contributed by atoms with Gasteiger partial charge in [0.1, 0.15) is 6.54 Å². The lowest BCUT2D eigenvalue weighted by Gasteiger charge is -2.15. The smallest absolute Gasteiger partial charge is 0.326 e. The Kier molecular flexibility index (Phi) is 7.44. The van der Waals surface area contributed by atoms with Gasteiger partial charge in [0.05, 0.1) is 22.3 Å². The second-order valence-corrected chi connectivity index (χ2v) is 8.81. The fourth-order valence-corrected chi connectivity index (χ4v) is 3.94. The molecule has 0 bridgehead atoms. The van der Waals surface area contributed by atoms with E-state index in [9.17, 15) is 19.2 Å². The van der Waals surface area contributed by atoms with Gasteiger partial charge in [-0.1, -0.05) is 50.2 Å². The fourth-order valence-electron chi connectivity index (χ4n) is 3.94. The highest BCUT2D eigenvalue weighted by atomic mass is 16.5. The van der Waals surface area contributed by atoms with Crippen molar-refractivity contribution in [3.8, 4) is 0 Å². The van der Waals surface area contributed by atoms with E-state index < -0.39 is 18.5 Å². The number of nitrogens with zero attached hydrogens (tertiary/aromatic N) is 1. The van der Waals surface area contributed by atoms with Gasteiger partial charge in [-0.05, 0) is 42.3 Å².